The van der Waals surface area contributed by atoms with Crippen LogP contribution in [0.25, 0.3) is 32.9 Å². The molecule has 0 spiro atoms. The first-order chi connectivity index (χ1) is 11.7. The summed E-state index contributed by atoms with van der Waals surface area (Å²) in [5.41, 5.74) is 14.0. The van der Waals surface area contributed by atoms with E-state index in [1.54, 1.807) is 0 Å². The molecule has 0 atom stereocenters. The fourth-order valence-electron chi connectivity index (χ4n) is 3.36. The molecular formula is C22H20N2. The summed E-state index contributed by atoms with van der Waals surface area (Å²) in [6.07, 6.45) is 0. The van der Waals surface area contributed by atoms with Gasteiger partial charge in [0.1, 0.15) is 0 Å². The predicted molar refractivity (Wildman–Crippen MR) is 102 cm³/mol. The van der Waals surface area contributed by atoms with E-state index < -0.39 is 0 Å². The molecule has 0 amide bonds. The van der Waals surface area contributed by atoms with E-state index in [0.29, 0.717) is 6.54 Å². The minimum absolute atomic E-state index is 0.566. The Morgan fingerprint density at radius 1 is 0.833 bits per heavy atom. The summed E-state index contributed by atoms with van der Waals surface area (Å²) >= 11 is 0. The van der Waals surface area contributed by atoms with Gasteiger partial charge in [-0.25, -0.2) is 4.98 Å². The van der Waals surface area contributed by atoms with Gasteiger partial charge in [0.15, 0.2) is 0 Å². The van der Waals surface area contributed by atoms with Crippen molar-refractivity contribution in [3.05, 3.63) is 77.4 Å². The zero-order valence-electron chi connectivity index (χ0n) is 14.0. The summed E-state index contributed by atoms with van der Waals surface area (Å²) in [7, 11) is 0. The van der Waals surface area contributed by atoms with Crippen molar-refractivity contribution < 1.29 is 0 Å². The third kappa shape index (κ3) is 2.27. The summed E-state index contributed by atoms with van der Waals surface area (Å²) in [6.45, 7) is 4.91. The fourth-order valence-corrected chi connectivity index (χ4v) is 3.36. The predicted octanol–water partition coefficient (Wildman–Crippen LogP) is 5.13. The molecule has 1 aromatic heterocycles. The molecule has 0 fully saturated rings. The Kier molecular flexibility index (Phi) is 3.55. The van der Waals surface area contributed by atoms with E-state index in [0.717, 1.165) is 16.6 Å². The van der Waals surface area contributed by atoms with Gasteiger partial charge in [0, 0.05) is 22.9 Å². The number of hydrogen-bond donors (Lipinski definition) is 1. The van der Waals surface area contributed by atoms with Gasteiger partial charge in [-0.1, -0.05) is 48.5 Å². The van der Waals surface area contributed by atoms with Gasteiger partial charge in [-0.2, -0.15) is 0 Å². The van der Waals surface area contributed by atoms with Crippen molar-refractivity contribution in [3.63, 3.8) is 0 Å². The minimum Gasteiger partial charge on any atom is -0.326 e. The second-order valence-corrected chi connectivity index (χ2v) is 6.31. The molecular weight excluding hydrogens is 292 g/mol. The van der Waals surface area contributed by atoms with Crippen LogP contribution in [0.3, 0.4) is 0 Å². The second kappa shape index (κ2) is 5.73. The molecule has 4 aromatic rings. The van der Waals surface area contributed by atoms with Crippen molar-refractivity contribution in [3.8, 4) is 11.1 Å². The van der Waals surface area contributed by atoms with Crippen LogP contribution in [0.4, 0.5) is 0 Å². The molecule has 2 heteroatoms. The topological polar surface area (TPSA) is 38.9 Å². The molecule has 24 heavy (non-hydrogen) atoms. The monoisotopic (exact) mass is 312 g/mol. The largest absolute Gasteiger partial charge is 0.326 e. The quantitative estimate of drug-likeness (QED) is 0.521. The molecule has 118 valence electrons. The van der Waals surface area contributed by atoms with Gasteiger partial charge < -0.3 is 5.73 Å². The van der Waals surface area contributed by atoms with Gasteiger partial charge in [-0.15, -0.1) is 0 Å². The zero-order chi connectivity index (χ0) is 16.7. The van der Waals surface area contributed by atoms with Gasteiger partial charge in [0.05, 0.1) is 11.0 Å². The normalized spacial score (nSPS) is 11.3. The standard InChI is InChI=1S/C22H20N2/c1-14-7-12-20-21(15(14)2)22(17-10-8-16(13-23)9-11-17)18-5-3-4-6-19(18)24-20/h3-12H,13,23H2,1-2H3. The van der Waals surface area contributed by atoms with Crippen molar-refractivity contribution >= 4 is 21.8 Å². The van der Waals surface area contributed by atoms with E-state index in [-0.39, 0.29) is 0 Å². The van der Waals surface area contributed by atoms with E-state index in [9.17, 15) is 0 Å². The maximum Gasteiger partial charge on any atom is 0.0718 e. The van der Waals surface area contributed by atoms with E-state index >= 15 is 0 Å². The molecule has 0 saturated carbocycles. The molecule has 0 aliphatic carbocycles. The maximum absolute atomic E-state index is 5.75. The highest BCUT2D eigenvalue weighted by Gasteiger charge is 2.13. The first-order valence-electron chi connectivity index (χ1n) is 8.27. The minimum atomic E-state index is 0.566. The number of nitrogens with two attached hydrogens (primary N) is 1. The van der Waals surface area contributed by atoms with Gasteiger partial charge >= 0.3 is 0 Å². The number of para-hydroxylation sites is 1. The van der Waals surface area contributed by atoms with Crippen LogP contribution in [0, 0.1) is 13.8 Å². The summed E-state index contributed by atoms with van der Waals surface area (Å²) in [5, 5.41) is 2.44. The van der Waals surface area contributed by atoms with Gasteiger partial charge in [-0.05, 0) is 48.2 Å². The Morgan fingerprint density at radius 2 is 1.58 bits per heavy atom. The van der Waals surface area contributed by atoms with Crippen LogP contribution in [-0.4, -0.2) is 4.98 Å². The lowest BCUT2D eigenvalue weighted by Crippen LogP contribution is -1.96. The number of aryl methyl sites for hydroxylation is 2. The molecule has 1 heterocycles. The van der Waals surface area contributed by atoms with Crippen LogP contribution in [0.5, 0.6) is 0 Å². The van der Waals surface area contributed by atoms with Crippen LogP contribution < -0.4 is 5.73 Å². The van der Waals surface area contributed by atoms with Crippen molar-refractivity contribution in [2.75, 3.05) is 0 Å². The SMILES string of the molecule is Cc1ccc2nc3ccccc3c(-c3ccc(CN)cc3)c2c1C. The van der Waals surface area contributed by atoms with Crippen molar-refractivity contribution in [1.29, 1.82) is 0 Å². The number of fused-ring (bicyclic) bond motifs is 2. The van der Waals surface area contributed by atoms with E-state index in [1.807, 2.05) is 6.07 Å². The summed E-state index contributed by atoms with van der Waals surface area (Å²) < 4.78 is 0. The van der Waals surface area contributed by atoms with Crippen molar-refractivity contribution in [2.24, 2.45) is 5.73 Å². The third-order valence-corrected chi connectivity index (χ3v) is 4.86. The molecule has 2 N–H and O–H groups in total. The number of rotatable bonds is 2. The lowest BCUT2D eigenvalue weighted by molar-refractivity contribution is 1.07. The van der Waals surface area contributed by atoms with E-state index in [2.05, 4.69) is 68.4 Å². The Morgan fingerprint density at radius 3 is 2.33 bits per heavy atom. The molecule has 0 unspecified atom stereocenters. The van der Waals surface area contributed by atoms with Crippen LogP contribution in [-0.2, 0) is 6.54 Å². The molecule has 2 nitrogen and oxygen atoms in total. The Balaban J connectivity index is 2.17. The maximum atomic E-state index is 5.75. The van der Waals surface area contributed by atoms with Crippen LogP contribution in [0.15, 0.2) is 60.7 Å². The Labute approximate surface area is 142 Å². The van der Waals surface area contributed by atoms with E-state index in [4.69, 9.17) is 10.7 Å². The summed E-state index contributed by atoms with van der Waals surface area (Å²) in [6, 6.07) is 21.2. The lowest BCUT2D eigenvalue weighted by atomic mass is 9.91. The summed E-state index contributed by atoms with van der Waals surface area (Å²) in [5.74, 6) is 0. The highest BCUT2D eigenvalue weighted by Crippen LogP contribution is 2.37. The molecule has 0 aliphatic rings. The third-order valence-electron chi connectivity index (χ3n) is 4.86. The van der Waals surface area contributed by atoms with Crippen LogP contribution >= 0.6 is 0 Å². The number of benzene rings is 3. The van der Waals surface area contributed by atoms with Crippen molar-refractivity contribution in [2.45, 2.75) is 20.4 Å². The first kappa shape index (κ1) is 14.9. The van der Waals surface area contributed by atoms with Gasteiger partial charge in [0.25, 0.3) is 0 Å². The molecule has 4 rings (SSSR count). The molecule has 0 aliphatic heterocycles. The van der Waals surface area contributed by atoms with Gasteiger partial charge in [0.2, 0.25) is 0 Å². The smallest absolute Gasteiger partial charge is 0.0718 e. The first-order valence-corrected chi connectivity index (χ1v) is 8.27. The lowest BCUT2D eigenvalue weighted by Gasteiger charge is -2.15. The van der Waals surface area contributed by atoms with Crippen LogP contribution in [0.2, 0.25) is 0 Å². The molecule has 0 bridgehead atoms. The zero-order valence-corrected chi connectivity index (χ0v) is 14.0. The fraction of sp³-hybridized carbons (Fsp3) is 0.136. The van der Waals surface area contributed by atoms with E-state index in [1.165, 1.54) is 33.0 Å². The number of pyridine rings is 1. The average molecular weight is 312 g/mol. The highest BCUT2D eigenvalue weighted by atomic mass is 14.7. The molecule has 0 radical (unpaired) electrons. The number of nitrogens with zero attached hydrogens (tertiary/aromatic N) is 1. The van der Waals surface area contributed by atoms with Crippen molar-refractivity contribution in [1.82, 2.24) is 4.98 Å². The highest BCUT2D eigenvalue weighted by molar-refractivity contribution is 6.10. The van der Waals surface area contributed by atoms with Crippen LogP contribution in [0.1, 0.15) is 16.7 Å². The summed E-state index contributed by atoms with van der Waals surface area (Å²) in [4.78, 5) is 4.88. The molecule has 3 aromatic carbocycles. The average Bonchev–Trinajstić information content (AvgIpc) is 2.63. The molecule has 0 saturated heterocycles. The van der Waals surface area contributed by atoms with Gasteiger partial charge in [-0.3, -0.25) is 0 Å². The Hall–Kier alpha value is -2.71. The second-order valence-electron chi connectivity index (χ2n) is 6.31. The Bertz CT molecular complexity index is 1050. The number of hydrogen-bond acceptors (Lipinski definition) is 2. The number of aromatic nitrogens is 1.